The lowest BCUT2D eigenvalue weighted by atomic mass is 9.82. The Kier molecular flexibility index (Phi) is 18.1. The Hall–Kier alpha value is -1.22. The zero-order chi connectivity index (χ0) is 25.9. The third-order valence-corrected chi connectivity index (χ3v) is 6.98. The van der Waals surface area contributed by atoms with Gasteiger partial charge in [-0.2, -0.15) is 0 Å². The molecule has 0 radical (unpaired) electrons. The van der Waals surface area contributed by atoms with E-state index in [0.717, 1.165) is 12.8 Å². The number of aliphatic carboxylic acids is 1. The molecule has 1 rings (SSSR count). The largest absolute Gasteiger partial charge is 0.480 e. The molecule has 0 aromatic rings. The van der Waals surface area contributed by atoms with Crippen molar-refractivity contribution in [1.82, 2.24) is 10.6 Å². The van der Waals surface area contributed by atoms with Crippen molar-refractivity contribution < 1.29 is 29.6 Å². The van der Waals surface area contributed by atoms with Gasteiger partial charge >= 0.3 is 5.97 Å². The minimum absolute atomic E-state index is 0.223. The van der Waals surface area contributed by atoms with Gasteiger partial charge in [-0.3, -0.25) is 9.59 Å². The van der Waals surface area contributed by atoms with Gasteiger partial charge in [0, 0.05) is 19.6 Å². The summed E-state index contributed by atoms with van der Waals surface area (Å²) in [4.78, 5) is 23.8. The van der Waals surface area contributed by atoms with Gasteiger partial charge in [-0.1, -0.05) is 71.6 Å². The topological polar surface area (TPSA) is 128 Å². The molecule has 1 saturated carbocycles. The molecule has 1 aliphatic carbocycles. The first-order valence-corrected chi connectivity index (χ1v) is 14.1. The number of carboxylic acids is 1. The van der Waals surface area contributed by atoms with Gasteiger partial charge in [0.25, 0.3) is 0 Å². The van der Waals surface area contributed by atoms with E-state index in [0.29, 0.717) is 51.8 Å². The van der Waals surface area contributed by atoms with E-state index in [-0.39, 0.29) is 12.0 Å². The molecule has 0 heterocycles. The van der Waals surface area contributed by atoms with Crippen LogP contribution in [0.4, 0.5) is 0 Å². The molecule has 1 amide bonds. The zero-order valence-corrected chi connectivity index (χ0v) is 22.2. The zero-order valence-electron chi connectivity index (χ0n) is 22.2. The maximum atomic E-state index is 12.6. The molecular formula is C27H52N2O6. The summed E-state index contributed by atoms with van der Waals surface area (Å²) in [6, 6.07) is -0.570. The summed E-state index contributed by atoms with van der Waals surface area (Å²) >= 11 is 0. The van der Waals surface area contributed by atoms with Crippen LogP contribution < -0.4 is 10.6 Å². The fourth-order valence-electron chi connectivity index (χ4n) is 4.81. The van der Waals surface area contributed by atoms with E-state index in [4.69, 9.17) is 9.84 Å². The first-order valence-electron chi connectivity index (χ1n) is 14.1. The molecule has 35 heavy (non-hydrogen) atoms. The maximum Gasteiger partial charge on any atom is 0.320 e. The number of carbonyl (C=O) groups excluding carboxylic acids is 1. The fourth-order valence-corrected chi connectivity index (χ4v) is 4.81. The molecule has 8 heteroatoms. The number of carboxylic acid groups (broad SMARTS) is 1. The summed E-state index contributed by atoms with van der Waals surface area (Å²) in [6.07, 6.45) is 12.9. The van der Waals surface area contributed by atoms with E-state index in [2.05, 4.69) is 17.6 Å². The molecule has 0 spiro atoms. The van der Waals surface area contributed by atoms with Gasteiger partial charge in [0.05, 0.1) is 24.2 Å². The lowest BCUT2D eigenvalue weighted by Crippen LogP contribution is -2.50. The summed E-state index contributed by atoms with van der Waals surface area (Å²) in [5, 5.41) is 35.5. The van der Waals surface area contributed by atoms with Crippen molar-refractivity contribution in [2.24, 2.45) is 5.92 Å². The van der Waals surface area contributed by atoms with Crippen LogP contribution in [0.3, 0.4) is 0 Å². The van der Waals surface area contributed by atoms with Crippen LogP contribution in [0.15, 0.2) is 0 Å². The Morgan fingerprint density at radius 1 is 0.886 bits per heavy atom. The number of ether oxygens (including phenoxy) is 1. The second-order valence-electron chi connectivity index (χ2n) is 10.0. The standard InChI is InChI=1S/C27H52N2O6/c1-3-5-6-7-8-9-10-11-12-15-18-35-21-19-22(25(31)24(30)20-21)26(32)29-17-14-13-16-23(27(33)34)28-4-2/h21-25,28,30-31H,3-20H2,1-2H3,(H,29,32)(H,33,34)/t21-,22+,23+,24-,25-/m1/s1. The molecule has 0 aliphatic heterocycles. The van der Waals surface area contributed by atoms with Gasteiger partial charge in [-0.05, 0) is 38.6 Å². The Labute approximate surface area is 212 Å². The highest BCUT2D eigenvalue weighted by atomic mass is 16.5. The summed E-state index contributed by atoms with van der Waals surface area (Å²) in [6.45, 7) is 5.74. The van der Waals surface area contributed by atoms with E-state index < -0.39 is 30.1 Å². The smallest absolute Gasteiger partial charge is 0.320 e. The minimum atomic E-state index is -1.09. The molecule has 206 valence electrons. The minimum Gasteiger partial charge on any atom is -0.480 e. The first kappa shape index (κ1) is 31.8. The van der Waals surface area contributed by atoms with E-state index in [1.807, 2.05) is 6.92 Å². The van der Waals surface area contributed by atoms with Crippen LogP contribution in [0.2, 0.25) is 0 Å². The highest BCUT2D eigenvalue weighted by molar-refractivity contribution is 5.79. The Bertz CT molecular complexity index is 562. The molecular weight excluding hydrogens is 448 g/mol. The quantitative estimate of drug-likeness (QED) is 0.152. The molecule has 8 nitrogen and oxygen atoms in total. The number of aliphatic hydroxyl groups is 2. The summed E-state index contributed by atoms with van der Waals surface area (Å²) < 4.78 is 5.96. The molecule has 0 aromatic heterocycles. The number of rotatable bonds is 21. The van der Waals surface area contributed by atoms with E-state index in [1.165, 1.54) is 51.4 Å². The van der Waals surface area contributed by atoms with Crippen molar-refractivity contribution in [2.75, 3.05) is 19.7 Å². The summed E-state index contributed by atoms with van der Waals surface area (Å²) in [5.41, 5.74) is 0. The highest BCUT2D eigenvalue weighted by Crippen LogP contribution is 2.28. The number of nitrogens with one attached hydrogen (secondary N) is 2. The second kappa shape index (κ2) is 19.9. The van der Waals surface area contributed by atoms with Crippen molar-refractivity contribution in [3.05, 3.63) is 0 Å². The van der Waals surface area contributed by atoms with Gasteiger partial charge < -0.3 is 30.7 Å². The van der Waals surface area contributed by atoms with Crippen LogP contribution in [0, 0.1) is 5.92 Å². The van der Waals surface area contributed by atoms with Crippen LogP contribution >= 0.6 is 0 Å². The van der Waals surface area contributed by atoms with Gasteiger partial charge in [-0.15, -0.1) is 0 Å². The van der Waals surface area contributed by atoms with Gasteiger partial charge in [0.2, 0.25) is 5.91 Å². The van der Waals surface area contributed by atoms with Crippen molar-refractivity contribution in [2.45, 2.75) is 135 Å². The average Bonchev–Trinajstić information content (AvgIpc) is 2.83. The fraction of sp³-hybridized carbons (Fsp3) is 0.926. The molecule has 1 aliphatic rings. The number of hydrogen-bond donors (Lipinski definition) is 5. The highest BCUT2D eigenvalue weighted by Gasteiger charge is 2.40. The number of unbranched alkanes of at least 4 members (excludes halogenated alkanes) is 10. The van der Waals surface area contributed by atoms with Crippen molar-refractivity contribution in [3.8, 4) is 0 Å². The maximum absolute atomic E-state index is 12.6. The summed E-state index contributed by atoms with van der Waals surface area (Å²) in [7, 11) is 0. The number of likely N-dealkylation sites (N-methyl/N-ethyl adjacent to an activating group) is 1. The lowest BCUT2D eigenvalue weighted by molar-refractivity contribution is -0.144. The Morgan fingerprint density at radius 3 is 2.11 bits per heavy atom. The van der Waals surface area contributed by atoms with E-state index in [1.54, 1.807) is 0 Å². The van der Waals surface area contributed by atoms with Crippen molar-refractivity contribution in [1.29, 1.82) is 0 Å². The number of aliphatic hydroxyl groups excluding tert-OH is 2. The van der Waals surface area contributed by atoms with Crippen LogP contribution in [0.5, 0.6) is 0 Å². The Morgan fingerprint density at radius 2 is 1.51 bits per heavy atom. The average molecular weight is 501 g/mol. The molecule has 0 aromatic carbocycles. The first-order chi connectivity index (χ1) is 16.9. The van der Waals surface area contributed by atoms with Gasteiger partial charge in [-0.25, -0.2) is 0 Å². The molecule has 0 saturated heterocycles. The number of hydrogen-bond acceptors (Lipinski definition) is 6. The monoisotopic (exact) mass is 500 g/mol. The molecule has 0 unspecified atom stereocenters. The predicted octanol–water partition coefficient (Wildman–Crippen LogP) is 3.77. The second-order valence-corrected chi connectivity index (χ2v) is 10.0. The van der Waals surface area contributed by atoms with Crippen molar-refractivity contribution >= 4 is 11.9 Å². The molecule has 1 fully saturated rings. The summed E-state index contributed by atoms with van der Waals surface area (Å²) in [5.74, 6) is -1.82. The molecule has 0 bridgehead atoms. The normalized spacial score (nSPS) is 23.2. The van der Waals surface area contributed by atoms with Crippen LogP contribution in [-0.2, 0) is 14.3 Å². The van der Waals surface area contributed by atoms with Crippen molar-refractivity contribution in [3.63, 3.8) is 0 Å². The van der Waals surface area contributed by atoms with E-state index >= 15 is 0 Å². The van der Waals surface area contributed by atoms with Crippen LogP contribution in [-0.4, -0.2) is 71.2 Å². The third-order valence-electron chi connectivity index (χ3n) is 6.98. The number of carbonyl (C=O) groups is 2. The number of amides is 1. The SMILES string of the molecule is CCCCCCCCCCCCO[C@H]1C[C@@H](O)[C@H](O)[C@@H](C(=O)NCCCC[C@H](NCC)C(=O)O)C1. The van der Waals surface area contributed by atoms with E-state index in [9.17, 15) is 19.8 Å². The predicted molar refractivity (Wildman–Crippen MR) is 138 cm³/mol. The molecule has 5 N–H and O–H groups in total. The van der Waals surface area contributed by atoms with Crippen LogP contribution in [0.1, 0.15) is 110 Å². The lowest BCUT2D eigenvalue weighted by Gasteiger charge is -2.36. The van der Waals surface area contributed by atoms with Crippen LogP contribution in [0.25, 0.3) is 0 Å². The third kappa shape index (κ3) is 14.2. The molecule has 5 atom stereocenters. The van der Waals surface area contributed by atoms with Gasteiger partial charge in [0.15, 0.2) is 0 Å². The van der Waals surface area contributed by atoms with Gasteiger partial charge in [0.1, 0.15) is 6.04 Å². The Balaban J connectivity index is 2.20.